The molecule has 3 aromatic carbocycles. The fourth-order valence-corrected chi connectivity index (χ4v) is 4.55. The number of methoxy groups -OCH3 is 1. The average Bonchev–Trinajstić information content (AvgIpc) is 2.92. The maximum Gasteiger partial charge on any atom is 0.328 e. The highest BCUT2D eigenvalue weighted by atomic mass is 35.5. The van der Waals surface area contributed by atoms with E-state index in [2.05, 4.69) is 10.3 Å². The second kappa shape index (κ2) is 11.6. The first-order valence-corrected chi connectivity index (χ1v) is 12.1. The molecule has 0 spiro atoms. The topological polar surface area (TPSA) is 112 Å². The number of pyridine rings is 1. The van der Waals surface area contributed by atoms with E-state index >= 15 is 0 Å². The summed E-state index contributed by atoms with van der Waals surface area (Å²) in [6.07, 6.45) is 0.379. The van der Waals surface area contributed by atoms with Crippen LogP contribution in [-0.4, -0.2) is 35.1 Å². The number of hydrogen-bond donors (Lipinski definition) is 2. The lowest BCUT2D eigenvalue weighted by Gasteiger charge is -2.19. The van der Waals surface area contributed by atoms with Gasteiger partial charge in [0.25, 0.3) is 5.91 Å². The second-order valence-corrected chi connectivity index (χ2v) is 9.17. The number of hydrogen-bond acceptors (Lipinski definition) is 6. The van der Waals surface area contributed by atoms with Gasteiger partial charge in [0, 0.05) is 34.2 Å². The number of esters is 1. The van der Waals surface area contributed by atoms with Crippen LogP contribution >= 0.6 is 11.6 Å². The number of ether oxygens (including phenoxy) is 1. The van der Waals surface area contributed by atoms with Crippen molar-refractivity contribution in [3.05, 3.63) is 99.7 Å². The Kier molecular flexibility index (Phi) is 8.19. The van der Waals surface area contributed by atoms with Crippen LogP contribution in [0.4, 0.5) is 8.78 Å². The summed E-state index contributed by atoms with van der Waals surface area (Å²) >= 11 is 6.43. The number of aliphatic hydroxyl groups excluding tert-OH is 1. The molecule has 10 heteroatoms. The molecule has 0 radical (unpaired) electrons. The first-order valence-electron chi connectivity index (χ1n) is 11.8. The van der Waals surface area contributed by atoms with Crippen molar-refractivity contribution in [1.82, 2.24) is 10.3 Å². The second-order valence-electron chi connectivity index (χ2n) is 8.77. The first-order chi connectivity index (χ1) is 18.6. The number of rotatable bonds is 7. The zero-order chi connectivity index (χ0) is 28.3. The molecule has 0 saturated carbocycles. The Hall–Kier alpha value is -4.39. The minimum atomic E-state index is -1.29. The van der Waals surface area contributed by atoms with Gasteiger partial charge in [0.2, 0.25) is 0 Å². The van der Waals surface area contributed by atoms with Gasteiger partial charge in [-0.2, -0.15) is 5.26 Å². The normalized spacial score (nSPS) is 12.4. The van der Waals surface area contributed by atoms with Gasteiger partial charge in [0.15, 0.2) is 0 Å². The summed E-state index contributed by atoms with van der Waals surface area (Å²) in [5, 5.41) is 22.1. The number of carbonyl (C=O) groups is 2. The van der Waals surface area contributed by atoms with Crippen molar-refractivity contribution < 1.29 is 28.2 Å². The van der Waals surface area contributed by atoms with Crippen molar-refractivity contribution in [2.24, 2.45) is 0 Å². The molecule has 198 valence electrons. The van der Waals surface area contributed by atoms with E-state index in [1.165, 1.54) is 6.92 Å². The van der Waals surface area contributed by atoms with Gasteiger partial charge in [-0.3, -0.25) is 9.78 Å². The largest absolute Gasteiger partial charge is 0.467 e. The summed E-state index contributed by atoms with van der Waals surface area (Å²) in [6.45, 7) is 1.33. The molecule has 1 aromatic heterocycles. The van der Waals surface area contributed by atoms with Crippen LogP contribution in [-0.2, 0) is 16.0 Å². The van der Waals surface area contributed by atoms with Crippen LogP contribution in [0.2, 0.25) is 5.02 Å². The summed E-state index contributed by atoms with van der Waals surface area (Å²) in [7, 11) is 1.13. The van der Waals surface area contributed by atoms with Crippen LogP contribution in [0, 0.1) is 23.0 Å². The number of nitrogens with one attached hydrogen (secondary N) is 1. The third-order valence-electron chi connectivity index (χ3n) is 6.24. The van der Waals surface area contributed by atoms with Crippen LogP contribution in [0.1, 0.15) is 40.1 Å². The molecular formula is C29H22ClF2N3O4. The number of nitrogens with zero attached hydrogens (tertiary/aromatic N) is 2. The van der Waals surface area contributed by atoms with Gasteiger partial charge in [-0.25, -0.2) is 13.6 Å². The molecule has 0 aliphatic rings. The quantitative estimate of drug-likeness (QED) is 0.304. The molecule has 2 N–H and O–H groups in total. The van der Waals surface area contributed by atoms with Gasteiger partial charge in [0.05, 0.1) is 30.4 Å². The Morgan fingerprint density at radius 1 is 1.13 bits per heavy atom. The summed E-state index contributed by atoms with van der Waals surface area (Å²) < 4.78 is 34.1. The fraction of sp³-hybridized carbons (Fsp3) is 0.172. The Labute approximate surface area is 227 Å². The Morgan fingerprint density at radius 2 is 1.82 bits per heavy atom. The predicted molar refractivity (Wildman–Crippen MR) is 141 cm³/mol. The minimum absolute atomic E-state index is 0.0347. The molecule has 0 saturated heterocycles. The molecule has 4 rings (SSSR count). The number of halogens is 3. The monoisotopic (exact) mass is 549 g/mol. The lowest BCUT2D eigenvalue weighted by molar-refractivity contribution is -0.142. The van der Waals surface area contributed by atoms with Gasteiger partial charge in [-0.05, 0) is 48.4 Å². The summed E-state index contributed by atoms with van der Waals surface area (Å²) in [5.74, 6) is -4.32. The molecule has 0 aliphatic carbocycles. The van der Waals surface area contributed by atoms with Crippen LogP contribution in [0.3, 0.4) is 0 Å². The molecular weight excluding hydrogens is 528 g/mol. The van der Waals surface area contributed by atoms with Gasteiger partial charge in [0.1, 0.15) is 23.2 Å². The van der Waals surface area contributed by atoms with Gasteiger partial charge in [-0.15, -0.1) is 0 Å². The summed E-state index contributed by atoms with van der Waals surface area (Å²) in [6, 6.07) is 14.3. The molecule has 1 amide bonds. The Bertz CT molecular complexity index is 1610. The SMILES string of the molecule is COC(=O)[C@H](Cc1ccc(-c2ccc(C#N)cc2Cl)c2ncccc12)NC(=O)c1c(F)cc(C(C)O)cc1F. The zero-order valence-corrected chi connectivity index (χ0v) is 21.6. The van der Waals surface area contributed by atoms with Crippen LogP contribution in [0.15, 0.2) is 60.8 Å². The van der Waals surface area contributed by atoms with E-state index in [9.17, 15) is 23.5 Å². The molecule has 7 nitrogen and oxygen atoms in total. The summed E-state index contributed by atoms with van der Waals surface area (Å²) in [4.78, 5) is 30.0. The number of amides is 1. The highest BCUT2D eigenvalue weighted by molar-refractivity contribution is 6.33. The van der Waals surface area contributed by atoms with E-state index in [0.29, 0.717) is 38.2 Å². The average molecular weight is 550 g/mol. The molecule has 2 atom stereocenters. The van der Waals surface area contributed by atoms with Crippen LogP contribution in [0.25, 0.3) is 22.0 Å². The molecule has 0 aliphatic heterocycles. The molecule has 1 heterocycles. The van der Waals surface area contributed by atoms with Gasteiger partial charge < -0.3 is 15.2 Å². The van der Waals surface area contributed by atoms with Crippen LogP contribution < -0.4 is 5.32 Å². The van der Waals surface area contributed by atoms with E-state index in [1.807, 2.05) is 6.07 Å². The third-order valence-corrected chi connectivity index (χ3v) is 6.55. The molecule has 39 heavy (non-hydrogen) atoms. The molecule has 0 bridgehead atoms. The lowest BCUT2D eigenvalue weighted by Crippen LogP contribution is -2.43. The zero-order valence-electron chi connectivity index (χ0n) is 20.8. The van der Waals surface area contributed by atoms with Crippen molar-refractivity contribution in [3.8, 4) is 17.2 Å². The molecule has 4 aromatic rings. The smallest absolute Gasteiger partial charge is 0.328 e. The Morgan fingerprint density at radius 3 is 2.44 bits per heavy atom. The van der Waals surface area contributed by atoms with Crippen molar-refractivity contribution in [2.45, 2.75) is 25.5 Å². The number of nitriles is 1. The van der Waals surface area contributed by atoms with E-state index in [4.69, 9.17) is 21.6 Å². The van der Waals surface area contributed by atoms with E-state index in [-0.39, 0.29) is 12.0 Å². The number of aliphatic hydroxyl groups is 1. The predicted octanol–water partition coefficient (Wildman–Crippen LogP) is 5.27. The minimum Gasteiger partial charge on any atom is -0.467 e. The number of aromatic nitrogens is 1. The number of fused-ring (bicyclic) bond motifs is 1. The molecule has 1 unspecified atom stereocenters. The van der Waals surface area contributed by atoms with E-state index < -0.39 is 41.2 Å². The highest BCUT2D eigenvalue weighted by Gasteiger charge is 2.27. The van der Waals surface area contributed by atoms with Crippen LogP contribution in [0.5, 0.6) is 0 Å². The number of carbonyl (C=O) groups excluding carboxylic acids is 2. The van der Waals surface area contributed by atoms with Crippen molar-refractivity contribution in [3.63, 3.8) is 0 Å². The fourth-order valence-electron chi connectivity index (χ4n) is 4.27. The third kappa shape index (κ3) is 5.72. The maximum atomic E-state index is 14.6. The van der Waals surface area contributed by atoms with Crippen molar-refractivity contribution in [1.29, 1.82) is 5.26 Å². The van der Waals surface area contributed by atoms with E-state index in [0.717, 1.165) is 19.2 Å². The van der Waals surface area contributed by atoms with Gasteiger partial charge in [-0.1, -0.05) is 35.9 Å². The van der Waals surface area contributed by atoms with E-state index in [1.54, 1.807) is 48.7 Å². The highest BCUT2D eigenvalue weighted by Crippen LogP contribution is 2.35. The first kappa shape index (κ1) is 27.6. The van der Waals surface area contributed by atoms with Crippen molar-refractivity contribution in [2.75, 3.05) is 7.11 Å². The number of benzene rings is 3. The Balaban J connectivity index is 1.70. The van der Waals surface area contributed by atoms with Crippen molar-refractivity contribution >= 4 is 34.4 Å². The summed E-state index contributed by atoms with van der Waals surface area (Å²) in [5.41, 5.74) is 1.98. The lowest BCUT2D eigenvalue weighted by atomic mass is 9.94. The molecule has 0 fully saturated rings. The maximum absolute atomic E-state index is 14.6. The standard InChI is InChI=1S/C29H22ClF2N3O4/c1-15(36)18-11-23(31)26(24(32)12-18)28(37)35-25(29(38)39-2)13-17-6-8-21(27-19(17)4-3-9-34-27)20-7-5-16(14-33)10-22(20)30/h3-12,15,25,36H,13H2,1-2H3,(H,35,37)/t15?,25-/m0/s1. The van der Waals surface area contributed by atoms with Gasteiger partial charge >= 0.3 is 5.97 Å².